The molecule has 0 aromatic carbocycles. The van der Waals surface area contributed by atoms with Crippen molar-refractivity contribution in [3.05, 3.63) is 21.3 Å². The van der Waals surface area contributed by atoms with Crippen molar-refractivity contribution in [2.75, 3.05) is 11.0 Å². The van der Waals surface area contributed by atoms with Gasteiger partial charge in [0.25, 0.3) is 0 Å². The van der Waals surface area contributed by atoms with Gasteiger partial charge in [0.2, 0.25) is 0 Å². The number of hydrogen-bond donors (Lipinski definition) is 1. The average molecular weight is 344 g/mol. The third-order valence-corrected chi connectivity index (χ3v) is 3.91. The number of unbranched alkanes of at least 4 members (excludes halogenated alkanes) is 2. The second kappa shape index (κ2) is 7.91. The number of alkyl halides is 1. The molecule has 0 aliphatic carbocycles. The van der Waals surface area contributed by atoms with Crippen molar-refractivity contribution in [1.82, 2.24) is 5.32 Å². The van der Waals surface area contributed by atoms with E-state index in [0.29, 0.717) is 0 Å². The third-order valence-electron chi connectivity index (χ3n) is 1.92. The summed E-state index contributed by atoms with van der Waals surface area (Å²) < 4.78 is 2.16. The van der Waals surface area contributed by atoms with Crippen molar-refractivity contribution in [2.24, 2.45) is 0 Å². The highest BCUT2D eigenvalue weighted by molar-refractivity contribution is 14.1. The Morgan fingerprint density at radius 3 is 2.79 bits per heavy atom. The van der Waals surface area contributed by atoms with Gasteiger partial charge in [-0.2, -0.15) is 0 Å². The van der Waals surface area contributed by atoms with Crippen LogP contribution in [0.2, 0.25) is 4.34 Å². The van der Waals surface area contributed by atoms with Gasteiger partial charge in [0.05, 0.1) is 4.34 Å². The fraction of sp³-hybridized carbons (Fsp3) is 0.600. The minimum atomic E-state index is 0.881. The lowest BCUT2D eigenvalue weighted by atomic mass is 10.2. The SMILES string of the molecule is Clc1ccc(CNCCCCCI)s1. The quantitative estimate of drug-likeness (QED) is 0.446. The zero-order chi connectivity index (χ0) is 10.2. The van der Waals surface area contributed by atoms with Gasteiger partial charge in [-0.3, -0.25) is 0 Å². The van der Waals surface area contributed by atoms with E-state index in [1.54, 1.807) is 11.3 Å². The Hall–Kier alpha value is 0.680. The Morgan fingerprint density at radius 2 is 2.14 bits per heavy atom. The van der Waals surface area contributed by atoms with Crippen LogP contribution in [0.15, 0.2) is 12.1 Å². The van der Waals surface area contributed by atoms with E-state index in [1.807, 2.05) is 6.07 Å². The van der Waals surface area contributed by atoms with Crippen LogP contribution in [0.1, 0.15) is 24.1 Å². The Morgan fingerprint density at radius 1 is 1.29 bits per heavy atom. The molecule has 14 heavy (non-hydrogen) atoms. The monoisotopic (exact) mass is 343 g/mol. The number of thiophene rings is 1. The van der Waals surface area contributed by atoms with Crippen molar-refractivity contribution < 1.29 is 0 Å². The summed E-state index contributed by atoms with van der Waals surface area (Å²) in [6.07, 6.45) is 3.95. The second-order valence-electron chi connectivity index (χ2n) is 3.13. The average Bonchev–Trinajstić information content (AvgIpc) is 2.58. The van der Waals surface area contributed by atoms with Crippen molar-refractivity contribution in [3.63, 3.8) is 0 Å². The number of halogens is 2. The summed E-state index contributed by atoms with van der Waals surface area (Å²) in [5.74, 6) is 0. The number of rotatable bonds is 7. The van der Waals surface area contributed by atoms with Gasteiger partial charge in [-0.25, -0.2) is 0 Å². The van der Waals surface area contributed by atoms with E-state index >= 15 is 0 Å². The van der Waals surface area contributed by atoms with Gasteiger partial charge in [-0.05, 0) is 35.9 Å². The first-order chi connectivity index (χ1) is 6.83. The van der Waals surface area contributed by atoms with Gasteiger partial charge in [-0.1, -0.05) is 40.6 Å². The van der Waals surface area contributed by atoms with Gasteiger partial charge < -0.3 is 5.32 Å². The molecule has 0 unspecified atom stereocenters. The zero-order valence-electron chi connectivity index (χ0n) is 8.06. The minimum absolute atomic E-state index is 0.881. The standard InChI is InChI=1S/C10H15ClINS/c11-10-5-4-9(14-10)8-13-7-3-1-2-6-12/h4-5,13H,1-3,6-8H2. The molecule has 1 N–H and O–H groups in total. The largest absolute Gasteiger partial charge is 0.312 e. The fourth-order valence-corrected chi connectivity index (χ4v) is 2.78. The van der Waals surface area contributed by atoms with Crippen LogP contribution in [-0.4, -0.2) is 11.0 Å². The van der Waals surface area contributed by atoms with Gasteiger partial charge in [0.15, 0.2) is 0 Å². The van der Waals surface area contributed by atoms with E-state index in [1.165, 1.54) is 28.6 Å². The Balaban J connectivity index is 1.99. The molecule has 1 heterocycles. The summed E-state index contributed by atoms with van der Waals surface area (Å²) in [6, 6.07) is 4.05. The molecule has 0 radical (unpaired) electrons. The van der Waals surface area contributed by atoms with Crippen LogP contribution in [0.3, 0.4) is 0 Å². The molecule has 1 aromatic heterocycles. The molecule has 0 bridgehead atoms. The second-order valence-corrected chi connectivity index (χ2v) is 6.01. The van der Waals surface area contributed by atoms with Gasteiger partial charge in [0, 0.05) is 11.4 Å². The molecule has 0 saturated carbocycles. The first-order valence-electron chi connectivity index (χ1n) is 4.84. The van der Waals surface area contributed by atoms with Crippen molar-refractivity contribution in [3.8, 4) is 0 Å². The molecular formula is C10H15ClINS. The molecule has 1 rings (SSSR count). The van der Waals surface area contributed by atoms with Crippen LogP contribution in [0.25, 0.3) is 0 Å². The van der Waals surface area contributed by atoms with Gasteiger partial charge in [0.1, 0.15) is 0 Å². The maximum Gasteiger partial charge on any atom is 0.0931 e. The highest BCUT2D eigenvalue weighted by Gasteiger charge is 1.96. The Bertz CT molecular complexity index is 252. The predicted molar refractivity (Wildman–Crippen MR) is 73.8 cm³/mol. The minimum Gasteiger partial charge on any atom is -0.312 e. The molecule has 0 saturated heterocycles. The van der Waals surface area contributed by atoms with Gasteiger partial charge in [-0.15, -0.1) is 11.3 Å². The molecule has 0 aliphatic rings. The highest BCUT2D eigenvalue weighted by Crippen LogP contribution is 2.20. The smallest absolute Gasteiger partial charge is 0.0931 e. The number of nitrogens with one attached hydrogen (secondary N) is 1. The first kappa shape index (κ1) is 12.7. The molecule has 0 aliphatic heterocycles. The molecule has 0 amide bonds. The van der Waals surface area contributed by atoms with Crippen molar-refractivity contribution in [2.45, 2.75) is 25.8 Å². The van der Waals surface area contributed by atoms with Crippen LogP contribution in [0.5, 0.6) is 0 Å². The Labute approximate surface area is 108 Å². The van der Waals surface area contributed by atoms with E-state index < -0.39 is 0 Å². The van der Waals surface area contributed by atoms with Crippen molar-refractivity contribution >= 4 is 45.5 Å². The third kappa shape index (κ3) is 5.53. The zero-order valence-corrected chi connectivity index (χ0v) is 11.8. The summed E-state index contributed by atoms with van der Waals surface area (Å²) in [5, 5.41) is 3.42. The molecule has 0 atom stereocenters. The van der Waals surface area contributed by atoms with Crippen LogP contribution < -0.4 is 5.32 Å². The van der Waals surface area contributed by atoms with Crippen LogP contribution in [-0.2, 0) is 6.54 Å². The lowest BCUT2D eigenvalue weighted by molar-refractivity contribution is 0.623. The summed E-state index contributed by atoms with van der Waals surface area (Å²) in [4.78, 5) is 1.32. The maximum atomic E-state index is 5.83. The van der Waals surface area contributed by atoms with Crippen molar-refractivity contribution in [1.29, 1.82) is 0 Å². The summed E-state index contributed by atoms with van der Waals surface area (Å²) >= 11 is 9.92. The van der Waals surface area contributed by atoms with Crippen LogP contribution >= 0.6 is 45.5 Å². The molecule has 80 valence electrons. The van der Waals surface area contributed by atoms with Crippen LogP contribution in [0.4, 0.5) is 0 Å². The molecular weight excluding hydrogens is 329 g/mol. The fourth-order valence-electron chi connectivity index (χ4n) is 1.18. The summed E-state index contributed by atoms with van der Waals surface area (Å²) in [5.41, 5.74) is 0. The van der Waals surface area contributed by atoms with E-state index in [2.05, 4.69) is 34.0 Å². The lowest BCUT2D eigenvalue weighted by Gasteiger charge is -2.01. The molecule has 4 heteroatoms. The topological polar surface area (TPSA) is 12.0 Å². The first-order valence-corrected chi connectivity index (χ1v) is 7.56. The maximum absolute atomic E-state index is 5.83. The summed E-state index contributed by atoms with van der Waals surface area (Å²) in [6.45, 7) is 2.08. The molecule has 0 spiro atoms. The van der Waals surface area contributed by atoms with E-state index in [-0.39, 0.29) is 0 Å². The number of hydrogen-bond acceptors (Lipinski definition) is 2. The molecule has 1 aromatic rings. The molecule has 1 nitrogen and oxygen atoms in total. The predicted octanol–water partition coefficient (Wildman–Crippen LogP) is 4.10. The van der Waals surface area contributed by atoms with Crippen LogP contribution in [0, 0.1) is 0 Å². The normalized spacial score (nSPS) is 10.7. The highest BCUT2D eigenvalue weighted by atomic mass is 127. The lowest BCUT2D eigenvalue weighted by Crippen LogP contribution is -2.13. The summed E-state index contributed by atoms with van der Waals surface area (Å²) in [7, 11) is 0. The van der Waals surface area contributed by atoms with E-state index in [9.17, 15) is 0 Å². The van der Waals surface area contributed by atoms with E-state index in [4.69, 9.17) is 11.6 Å². The molecule has 0 fully saturated rings. The Kier molecular flexibility index (Phi) is 7.20. The van der Waals surface area contributed by atoms with Gasteiger partial charge >= 0.3 is 0 Å². The van der Waals surface area contributed by atoms with E-state index in [0.717, 1.165) is 17.4 Å².